The number of aryl methyl sites for hydroxylation is 2. The van der Waals surface area contributed by atoms with Crippen molar-refractivity contribution in [2.75, 3.05) is 5.32 Å². The van der Waals surface area contributed by atoms with Crippen LogP contribution in [0.15, 0.2) is 36.7 Å². The lowest BCUT2D eigenvalue weighted by atomic mass is 9.89. The summed E-state index contributed by atoms with van der Waals surface area (Å²) in [6, 6.07) is 7.18. The molecule has 2 aliphatic rings. The van der Waals surface area contributed by atoms with Crippen LogP contribution in [0.1, 0.15) is 66.6 Å². The Balaban J connectivity index is 1.28. The van der Waals surface area contributed by atoms with Crippen molar-refractivity contribution in [3.8, 4) is 22.5 Å². The van der Waals surface area contributed by atoms with Crippen LogP contribution in [0, 0.1) is 25.6 Å². The molecule has 1 saturated carbocycles. The summed E-state index contributed by atoms with van der Waals surface area (Å²) in [5, 5.41) is 34.9. The minimum Gasteiger partial charge on any atom is -0.481 e. The lowest BCUT2D eigenvalue weighted by Crippen LogP contribution is -2.27. The Morgan fingerprint density at radius 2 is 1.93 bits per heavy atom. The average molecular weight is 558 g/mol. The van der Waals surface area contributed by atoms with Crippen molar-refractivity contribution in [2.24, 2.45) is 5.92 Å². The van der Waals surface area contributed by atoms with E-state index in [9.17, 15) is 15.0 Å². The van der Waals surface area contributed by atoms with Crippen LogP contribution < -0.4 is 5.32 Å². The van der Waals surface area contributed by atoms with Gasteiger partial charge in [0.1, 0.15) is 11.6 Å². The molecule has 4 aromatic rings. The summed E-state index contributed by atoms with van der Waals surface area (Å²) >= 11 is 0. The van der Waals surface area contributed by atoms with Gasteiger partial charge in [-0.05, 0) is 103 Å². The quantitative estimate of drug-likeness (QED) is 0.283. The van der Waals surface area contributed by atoms with E-state index in [-0.39, 0.29) is 30.2 Å². The van der Waals surface area contributed by atoms with Crippen LogP contribution in [0.3, 0.4) is 0 Å². The van der Waals surface area contributed by atoms with E-state index in [4.69, 9.17) is 0 Å². The van der Waals surface area contributed by atoms with E-state index in [1.165, 1.54) is 6.07 Å². The number of aliphatic hydroxyl groups is 1. The normalized spacial score (nSPS) is 19.7. The Labute approximate surface area is 236 Å². The minimum atomic E-state index is -0.971. The second kappa shape index (κ2) is 9.99. The summed E-state index contributed by atoms with van der Waals surface area (Å²) in [5.74, 6) is -0.438. The summed E-state index contributed by atoms with van der Waals surface area (Å²) in [6.07, 6.45) is 5.21. The second-order valence-electron chi connectivity index (χ2n) is 11.8. The Kier molecular flexibility index (Phi) is 6.56. The number of nitrogens with one attached hydrogen (secondary N) is 1. The molecule has 2 aromatic carbocycles. The van der Waals surface area contributed by atoms with Crippen molar-refractivity contribution in [3.05, 3.63) is 70.4 Å². The van der Waals surface area contributed by atoms with Crippen molar-refractivity contribution >= 4 is 11.8 Å². The maximum Gasteiger partial charge on any atom is 0.307 e. The molecule has 0 saturated heterocycles. The number of aromatic nitrogens is 6. The Morgan fingerprint density at radius 3 is 2.56 bits per heavy atom. The molecule has 2 aliphatic carbocycles. The highest BCUT2D eigenvalue weighted by Gasteiger charge is 2.45. The number of aliphatic carboxylic acids is 1. The first-order chi connectivity index (χ1) is 19.5. The molecule has 0 radical (unpaired) electrons. The zero-order chi connectivity index (χ0) is 29.1. The van der Waals surface area contributed by atoms with Crippen LogP contribution in [0.4, 0.5) is 10.2 Å². The summed E-state index contributed by atoms with van der Waals surface area (Å²) in [4.78, 5) is 20.1. The van der Waals surface area contributed by atoms with Gasteiger partial charge < -0.3 is 15.5 Å². The first-order valence-corrected chi connectivity index (χ1v) is 13.7. The number of carbonyl (C=O) groups is 1. The van der Waals surface area contributed by atoms with Crippen molar-refractivity contribution in [1.29, 1.82) is 0 Å². The fourth-order valence-electron chi connectivity index (χ4n) is 6.07. The zero-order valence-corrected chi connectivity index (χ0v) is 23.4. The topological polar surface area (TPSA) is 139 Å². The van der Waals surface area contributed by atoms with E-state index in [0.717, 1.165) is 33.4 Å². The number of carboxylic acid groups (broad SMARTS) is 1. The van der Waals surface area contributed by atoms with Gasteiger partial charge in [0.05, 0.1) is 42.2 Å². The van der Waals surface area contributed by atoms with Crippen molar-refractivity contribution in [1.82, 2.24) is 30.2 Å². The molecule has 2 heterocycles. The highest BCUT2D eigenvalue weighted by atomic mass is 19.1. The van der Waals surface area contributed by atoms with E-state index >= 15 is 4.39 Å². The summed E-state index contributed by atoms with van der Waals surface area (Å²) < 4.78 is 16.9. The molecule has 2 aromatic heterocycles. The van der Waals surface area contributed by atoms with Gasteiger partial charge >= 0.3 is 5.97 Å². The third-order valence-corrected chi connectivity index (χ3v) is 7.95. The Morgan fingerprint density at radius 1 is 1.17 bits per heavy atom. The molecule has 1 fully saturated rings. The smallest absolute Gasteiger partial charge is 0.307 e. The SMILES string of the molecule is Cc1cc(-c2nnnn2CC(C)(C)O)cc(C)c1-c1ccc(F)c2c1CC[C@H]2Nc1cnc([C@H]2C[C@@H]2C(=O)O)cn1. The van der Waals surface area contributed by atoms with Gasteiger partial charge in [-0.3, -0.25) is 9.78 Å². The lowest BCUT2D eigenvalue weighted by Gasteiger charge is -2.19. The summed E-state index contributed by atoms with van der Waals surface area (Å²) in [6.45, 7) is 7.74. The van der Waals surface area contributed by atoms with Crippen molar-refractivity contribution in [2.45, 2.75) is 71.1 Å². The van der Waals surface area contributed by atoms with Gasteiger partial charge in [0.2, 0.25) is 0 Å². The maximum atomic E-state index is 15.3. The molecule has 10 nitrogen and oxygen atoms in total. The van der Waals surface area contributed by atoms with Crippen LogP contribution in [-0.2, 0) is 17.8 Å². The molecule has 0 bridgehead atoms. The second-order valence-corrected chi connectivity index (χ2v) is 11.8. The number of fused-ring (bicyclic) bond motifs is 1. The molecule has 6 rings (SSSR count). The molecule has 41 heavy (non-hydrogen) atoms. The number of benzene rings is 2. The molecule has 0 amide bonds. The number of nitrogens with zero attached hydrogens (tertiary/aromatic N) is 6. The van der Waals surface area contributed by atoms with Gasteiger partial charge in [-0.15, -0.1) is 5.10 Å². The first-order valence-electron chi connectivity index (χ1n) is 13.7. The van der Waals surface area contributed by atoms with Gasteiger partial charge in [-0.25, -0.2) is 14.1 Å². The van der Waals surface area contributed by atoms with Gasteiger partial charge in [-0.1, -0.05) is 6.07 Å². The molecular weight excluding hydrogens is 525 g/mol. The van der Waals surface area contributed by atoms with Crippen LogP contribution in [0.2, 0.25) is 0 Å². The number of halogens is 1. The third-order valence-electron chi connectivity index (χ3n) is 7.95. The summed E-state index contributed by atoms with van der Waals surface area (Å²) in [7, 11) is 0. The minimum absolute atomic E-state index is 0.0896. The highest BCUT2D eigenvalue weighted by Crippen LogP contribution is 2.47. The zero-order valence-electron chi connectivity index (χ0n) is 23.4. The van der Waals surface area contributed by atoms with E-state index in [1.807, 2.05) is 32.0 Å². The fourth-order valence-corrected chi connectivity index (χ4v) is 6.07. The van der Waals surface area contributed by atoms with Gasteiger partial charge in [0, 0.05) is 17.0 Å². The molecule has 212 valence electrons. The Bertz CT molecular complexity index is 1620. The standard InChI is InChI=1S/C30H32FN7O3/c1-15-9-17(28-35-36-37-38(28)14-30(3,4)41)10-16(2)26(15)18-5-7-22(31)27-19(18)6-8-23(27)34-25-13-32-24(12-33-25)20-11-21(20)29(39)40/h5,7,9-10,12-13,20-21,23,41H,6,8,11,14H2,1-4H3,(H,33,34)(H,39,40)/t20-,21-,23+/m0/s1. The molecular formula is C30H32FN7O3. The van der Waals surface area contributed by atoms with Crippen LogP contribution in [0.5, 0.6) is 0 Å². The molecule has 0 unspecified atom stereocenters. The van der Waals surface area contributed by atoms with Crippen molar-refractivity contribution < 1.29 is 19.4 Å². The molecule has 11 heteroatoms. The van der Waals surface area contributed by atoms with Crippen LogP contribution in [0.25, 0.3) is 22.5 Å². The number of hydrogen-bond donors (Lipinski definition) is 3. The predicted molar refractivity (Wildman–Crippen MR) is 150 cm³/mol. The van der Waals surface area contributed by atoms with Gasteiger partial charge in [0.25, 0.3) is 0 Å². The number of hydrogen-bond acceptors (Lipinski definition) is 8. The van der Waals surface area contributed by atoms with Crippen molar-refractivity contribution in [3.63, 3.8) is 0 Å². The maximum absolute atomic E-state index is 15.3. The highest BCUT2D eigenvalue weighted by molar-refractivity contribution is 5.79. The number of tetrazole rings is 1. The molecule has 3 N–H and O–H groups in total. The predicted octanol–water partition coefficient (Wildman–Crippen LogP) is 4.61. The molecule has 3 atom stereocenters. The molecule has 0 spiro atoms. The van der Waals surface area contributed by atoms with E-state index in [0.29, 0.717) is 42.2 Å². The Hall–Kier alpha value is -4.25. The van der Waals surface area contributed by atoms with Crippen LogP contribution >= 0.6 is 0 Å². The third kappa shape index (κ3) is 5.17. The lowest BCUT2D eigenvalue weighted by molar-refractivity contribution is -0.138. The largest absolute Gasteiger partial charge is 0.481 e. The summed E-state index contributed by atoms with van der Waals surface area (Å²) in [5.41, 5.74) is 6.24. The first kappa shape index (κ1) is 26.9. The monoisotopic (exact) mass is 557 g/mol. The average Bonchev–Trinajstić information content (AvgIpc) is 3.40. The number of rotatable bonds is 8. The van der Waals surface area contributed by atoms with E-state index in [1.54, 1.807) is 30.9 Å². The van der Waals surface area contributed by atoms with E-state index < -0.39 is 11.6 Å². The number of anilines is 1. The number of carboxylic acids is 1. The van der Waals surface area contributed by atoms with Gasteiger partial charge in [-0.2, -0.15) is 0 Å². The van der Waals surface area contributed by atoms with Crippen LogP contribution in [-0.4, -0.2) is 52.0 Å². The molecule has 0 aliphatic heterocycles. The van der Waals surface area contributed by atoms with Gasteiger partial charge in [0.15, 0.2) is 5.82 Å². The van der Waals surface area contributed by atoms with E-state index in [2.05, 4.69) is 30.8 Å². The fraction of sp³-hybridized carbons (Fsp3) is 0.400.